The summed E-state index contributed by atoms with van der Waals surface area (Å²) >= 11 is 6.43. The normalized spacial score (nSPS) is 11.8. The van der Waals surface area contributed by atoms with Crippen molar-refractivity contribution in [3.05, 3.63) is 106 Å². The van der Waals surface area contributed by atoms with E-state index >= 15 is 0 Å². The number of nitrogens with one attached hydrogen (secondary N) is 1. The van der Waals surface area contributed by atoms with E-state index in [9.17, 15) is 9.59 Å². The third-order valence-corrected chi connectivity index (χ3v) is 6.46. The van der Waals surface area contributed by atoms with Gasteiger partial charge in [-0.2, -0.15) is 0 Å². The summed E-state index contributed by atoms with van der Waals surface area (Å²) in [5.74, 6) is 0.205. The number of amides is 2. The smallest absolute Gasteiger partial charge is 0.242 e. The molecule has 0 aliphatic heterocycles. The van der Waals surface area contributed by atoms with Crippen LogP contribution in [0.15, 0.2) is 78.9 Å². The predicted octanol–water partition coefficient (Wildman–Crippen LogP) is 5.78. The van der Waals surface area contributed by atoms with Gasteiger partial charge in [0.15, 0.2) is 0 Å². The molecule has 0 saturated carbocycles. The van der Waals surface area contributed by atoms with Crippen LogP contribution in [0.5, 0.6) is 0 Å². The Labute approximate surface area is 207 Å². The van der Waals surface area contributed by atoms with Crippen molar-refractivity contribution in [2.75, 3.05) is 7.05 Å². The number of carbonyl (C=O) groups excluding carboxylic acids is 2. The minimum absolute atomic E-state index is 0.0719. The third-order valence-electron chi connectivity index (χ3n) is 6.09. The molecule has 0 fully saturated rings. The zero-order valence-electron chi connectivity index (χ0n) is 20.1. The standard InChI is InChI=1S/C29H33ClN2O2/c1-21(2)24-16-13-22(14-17-24)15-18-28(33)32(20-25-11-7-8-12-26(25)30)27(29(34)31-3)19-23-9-5-4-6-10-23/h4-14,16-17,21,27H,15,18-20H2,1-3H3,(H,31,34)/t27-/m1/s1. The minimum Gasteiger partial charge on any atom is -0.357 e. The molecule has 0 aliphatic rings. The number of hydrogen-bond donors (Lipinski definition) is 1. The highest BCUT2D eigenvalue weighted by Gasteiger charge is 2.30. The molecule has 5 heteroatoms. The maximum atomic E-state index is 13.6. The van der Waals surface area contributed by atoms with Crippen LogP contribution in [0, 0.1) is 0 Å². The Morgan fingerprint density at radius 3 is 2.15 bits per heavy atom. The third kappa shape index (κ3) is 6.94. The molecule has 0 spiro atoms. The molecule has 0 saturated heterocycles. The fourth-order valence-electron chi connectivity index (χ4n) is 3.99. The topological polar surface area (TPSA) is 49.4 Å². The Bertz CT molecular complexity index is 1080. The van der Waals surface area contributed by atoms with Crippen LogP contribution in [0.4, 0.5) is 0 Å². The number of likely N-dealkylation sites (N-methyl/N-ethyl adjacent to an activating group) is 1. The molecule has 0 bridgehead atoms. The summed E-state index contributed by atoms with van der Waals surface area (Å²) in [7, 11) is 1.61. The average Bonchev–Trinajstić information content (AvgIpc) is 2.86. The maximum Gasteiger partial charge on any atom is 0.242 e. The van der Waals surface area contributed by atoms with Crippen LogP contribution in [-0.2, 0) is 29.0 Å². The second-order valence-corrected chi connectivity index (χ2v) is 9.24. The molecule has 178 valence electrons. The second-order valence-electron chi connectivity index (χ2n) is 8.83. The maximum absolute atomic E-state index is 13.6. The summed E-state index contributed by atoms with van der Waals surface area (Å²) in [4.78, 5) is 28.2. The molecule has 0 unspecified atom stereocenters. The van der Waals surface area contributed by atoms with E-state index in [1.54, 1.807) is 11.9 Å². The number of aryl methyl sites for hydroxylation is 1. The number of halogens is 1. The van der Waals surface area contributed by atoms with Crippen molar-refractivity contribution in [2.45, 2.75) is 51.6 Å². The Balaban J connectivity index is 1.85. The van der Waals surface area contributed by atoms with Crippen molar-refractivity contribution in [1.82, 2.24) is 10.2 Å². The molecule has 34 heavy (non-hydrogen) atoms. The molecule has 1 N–H and O–H groups in total. The highest BCUT2D eigenvalue weighted by molar-refractivity contribution is 6.31. The molecule has 2 amide bonds. The number of rotatable bonds is 10. The van der Waals surface area contributed by atoms with Gasteiger partial charge < -0.3 is 10.2 Å². The fraction of sp³-hybridized carbons (Fsp3) is 0.310. The molecule has 1 atom stereocenters. The van der Waals surface area contributed by atoms with Gasteiger partial charge in [-0.05, 0) is 40.7 Å². The van der Waals surface area contributed by atoms with Crippen LogP contribution >= 0.6 is 11.6 Å². The van der Waals surface area contributed by atoms with Crippen LogP contribution in [0.3, 0.4) is 0 Å². The van der Waals surface area contributed by atoms with Crippen molar-refractivity contribution in [1.29, 1.82) is 0 Å². The molecule has 0 aromatic heterocycles. The van der Waals surface area contributed by atoms with E-state index in [0.29, 0.717) is 30.2 Å². The van der Waals surface area contributed by atoms with Crippen LogP contribution < -0.4 is 5.32 Å². The highest BCUT2D eigenvalue weighted by atomic mass is 35.5. The van der Waals surface area contributed by atoms with Crippen molar-refractivity contribution < 1.29 is 9.59 Å². The summed E-state index contributed by atoms with van der Waals surface area (Å²) in [6.07, 6.45) is 1.36. The van der Waals surface area contributed by atoms with Gasteiger partial charge in [0.25, 0.3) is 0 Å². The lowest BCUT2D eigenvalue weighted by atomic mass is 9.99. The van der Waals surface area contributed by atoms with Gasteiger partial charge in [-0.25, -0.2) is 0 Å². The zero-order valence-corrected chi connectivity index (χ0v) is 20.9. The van der Waals surface area contributed by atoms with Gasteiger partial charge in [-0.1, -0.05) is 98.2 Å². The Morgan fingerprint density at radius 2 is 1.53 bits per heavy atom. The molecular formula is C29H33ClN2O2. The molecule has 0 heterocycles. The lowest BCUT2D eigenvalue weighted by Crippen LogP contribution is -2.49. The van der Waals surface area contributed by atoms with E-state index in [0.717, 1.165) is 16.7 Å². The monoisotopic (exact) mass is 476 g/mol. The van der Waals surface area contributed by atoms with Gasteiger partial charge in [0.1, 0.15) is 6.04 Å². The van der Waals surface area contributed by atoms with Gasteiger partial charge in [0.2, 0.25) is 11.8 Å². The van der Waals surface area contributed by atoms with Gasteiger partial charge >= 0.3 is 0 Å². The van der Waals surface area contributed by atoms with Gasteiger partial charge in [-0.3, -0.25) is 9.59 Å². The molecule has 3 rings (SSSR count). The van der Waals surface area contributed by atoms with Gasteiger partial charge in [-0.15, -0.1) is 0 Å². The largest absolute Gasteiger partial charge is 0.357 e. The van der Waals surface area contributed by atoms with Gasteiger partial charge in [0.05, 0.1) is 0 Å². The number of carbonyl (C=O) groups is 2. The van der Waals surface area contributed by atoms with E-state index in [2.05, 4.69) is 43.4 Å². The molecule has 3 aromatic rings. The molecule has 4 nitrogen and oxygen atoms in total. The SMILES string of the molecule is CNC(=O)[C@@H](Cc1ccccc1)N(Cc1ccccc1Cl)C(=O)CCc1ccc(C(C)C)cc1. The van der Waals surface area contributed by atoms with E-state index in [1.807, 2.05) is 54.6 Å². The first-order valence-electron chi connectivity index (χ1n) is 11.8. The first kappa shape index (κ1) is 25.5. The summed E-state index contributed by atoms with van der Waals surface area (Å²) < 4.78 is 0. The van der Waals surface area contributed by atoms with E-state index in [-0.39, 0.29) is 18.4 Å². The Morgan fingerprint density at radius 1 is 0.882 bits per heavy atom. The molecule has 0 aliphatic carbocycles. The van der Waals surface area contributed by atoms with Crippen LogP contribution in [0.2, 0.25) is 5.02 Å². The first-order chi connectivity index (χ1) is 16.4. The lowest BCUT2D eigenvalue weighted by molar-refractivity contribution is -0.141. The Kier molecular flexibility index (Phi) is 9.29. The number of benzene rings is 3. The van der Waals surface area contributed by atoms with Crippen LogP contribution in [0.25, 0.3) is 0 Å². The van der Waals surface area contributed by atoms with E-state index in [4.69, 9.17) is 11.6 Å². The second kappa shape index (κ2) is 12.4. The first-order valence-corrected chi connectivity index (χ1v) is 12.1. The summed E-state index contributed by atoms with van der Waals surface area (Å²) in [5.41, 5.74) is 4.20. The van der Waals surface area contributed by atoms with E-state index < -0.39 is 6.04 Å². The van der Waals surface area contributed by atoms with Crippen molar-refractivity contribution in [2.24, 2.45) is 0 Å². The Hall–Kier alpha value is -3.11. The zero-order chi connectivity index (χ0) is 24.5. The number of nitrogens with zero attached hydrogens (tertiary/aromatic N) is 1. The molecular weight excluding hydrogens is 444 g/mol. The lowest BCUT2D eigenvalue weighted by Gasteiger charge is -2.31. The van der Waals surface area contributed by atoms with Crippen molar-refractivity contribution in [3.8, 4) is 0 Å². The van der Waals surface area contributed by atoms with Gasteiger partial charge in [0, 0.05) is 31.5 Å². The molecule has 3 aromatic carbocycles. The highest BCUT2D eigenvalue weighted by Crippen LogP contribution is 2.22. The van der Waals surface area contributed by atoms with Crippen LogP contribution in [0.1, 0.15) is 48.4 Å². The molecule has 0 radical (unpaired) electrons. The van der Waals surface area contributed by atoms with Crippen molar-refractivity contribution in [3.63, 3.8) is 0 Å². The van der Waals surface area contributed by atoms with E-state index in [1.165, 1.54) is 5.56 Å². The van der Waals surface area contributed by atoms with Crippen molar-refractivity contribution >= 4 is 23.4 Å². The summed E-state index contributed by atoms with van der Waals surface area (Å²) in [6.45, 7) is 4.60. The quantitative estimate of drug-likeness (QED) is 0.403. The summed E-state index contributed by atoms with van der Waals surface area (Å²) in [5, 5.41) is 3.33. The summed E-state index contributed by atoms with van der Waals surface area (Å²) in [6, 6.07) is 25.0. The number of hydrogen-bond acceptors (Lipinski definition) is 2. The minimum atomic E-state index is -0.639. The fourth-order valence-corrected chi connectivity index (χ4v) is 4.19. The predicted molar refractivity (Wildman–Crippen MR) is 139 cm³/mol. The average molecular weight is 477 g/mol. The van der Waals surface area contributed by atoms with Crippen LogP contribution in [-0.4, -0.2) is 29.8 Å².